The van der Waals surface area contributed by atoms with Crippen LogP contribution >= 0.6 is 0 Å². The fourth-order valence-electron chi connectivity index (χ4n) is 4.81. The van der Waals surface area contributed by atoms with Crippen molar-refractivity contribution in [3.05, 3.63) is 59.7 Å². The minimum atomic E-state index is -0.794. The number of hydrogen-bond donors (Lipinski definition) is 1. The third-order valence-electron chi connectivity index (χ3n) is 6.42. The van der Waals surface area contributed by atoms with Crippen molar-refractivity contribution in [3.8, 4) is 11.1 Å². The maximum absolute atomic E-state index is 13.3. The first-order valence-electron chi connectivity index (χ1n) is 11.9. The van der Waals surface area contributed by atoms with E-state index in [0.717, 1.165) is 22.3 Å². The summed E-state index contributed by atoms with van der Waals surface area (Å²) in [6.45, 7) is 11.3. The molecule has 0 spiro atoms. The fourth-order valence-corrected chi connectivity index (χ4v) is 5.62. The van der Waals surface area contributed by atoms with Crippen molar-refractivity contribution < 1.29 is 19.1 Å². The molecule has 180 valence electrons. The highest BCUT2D eigenvalue weighted by molar-refractivity contribution is 6.59. The smallest absolute Gasteiger partial charge is 0.410 e. The second-order valence-corrected chi connectivity index (χ2v) is 11.3. The minimum absolute atomic E-state index is 0.0151. The molecule has 34 heavy (non-hydrogen) atoms. The van der Waals surface area contributed by atoms with Crippen LogP contribution in [0.15, 0.2) is 48.5 Å². The van der Waals surface area contributed by atoms with E-state index in [1.54, 1.807) is 6.92 Å². The molecule has 0 aromatic heterocycles. The van der Waals surface area contributed by atoms with Crippen LogP contribution in [0.5, 0.6) is 0 Å². The largest absolute Gasteiger partial charge is 0.448 e. The Morgan fingerprint density at radius 2 is 1.47 bits per heavy atom. The molecular formula is C27H35AlN2O4. The molecule has 7 heteroatoms. The monoisotopic (exact) mass is 478 g/mol. The maximum Gasteiger partial charge on any atom is 0.410 e. The normalized spacial score (nSPS) is 14.7. The first-order valence-corrected chi connectivity index (χ1v) is 12.9. The maximum atomic E-state index is 13.3. The quantitative estimate of drug-likeness (QED) is 0.616. The lowest BCUT2D eigenvalue weighted by Gasteiger charge is -2.39. The molecule has 6 nitrogen and oxygen atoms in total. The van der Waals surface area contributed by atoms with E-state index in [4.69, 9.17) is 4.74 Å². The van der Waals surface area contributed by atoms with Gasteiger partial charge in [-0.15, -0.1) is 0 Å². The van der Waals surface area contributed by atoms with Gasteiger partial charge in [-0.1, -0.05) is 62.4 Å². The summed E-state index contributed by atoms with van der Waals surface area (Å²) in [5, 5.41) is 2.84. The molecule has 2 aromatic carbocycles. The number of nitrogens with one attached hydrogen (secondary N) is 1. The van der Waals surface area contributed by atoms with Gasteiger partial charge in [0.15, 0.2) is 0 Å². The van der Waals surface area contributed by atoms with Crippen molar-refractivity contribution in [1.82, 2.24) is 10.2 Å². The zero-order valence-electron chi connectivity index (χ0n) is 21.2. The van der Waals surface area contributed by atoms with Crippen molar-refractivity contribution in [3.63, 3.8) is 0 Å². The summed E-state index contributed by atoms with van der Waals surface area (Å²) in [6.07, 6.45) is -0.546. The summed E-state index contributed by atoms with van der Waals surface area (Å²) in [5.41, 5.74) is 3.93. The second-order valence-electron chi connectivity index (χ2n) is 10.4. The van der Waals surface area contributed by atoms with Crippen LogP contribution in [0.3, 0.4) is 0 Å². The van der Waals surface area contributed by atoms with Gasteiger partial charge in [-0.05, 0) is 55.9 Å². The molecule has 0 radical (unpaired) electrons. The number of benzene rings is 2. The van der Waals surface area contributed by atoms with Crippen LogP contribution in [0, 0.1) is 5.92 Å². The third kappa shape index (κ3) is 5.37. The number of amides is 2. The molecule has 1 aliphatic rings. The van der Waals surface area contributed by atoms with Gasteiger partial charge < -0.3 is 14.8 Å². The number of fused-ring (bicyclic) bond motifs is 3. The SMILES string of the molecule is CC(C)[C@H](NC(=O)[C@H](C)N(C(=O)OCC1c2ccccc2-c2ccccc21)C(C)(C)C)[C](=O)[AlH2]. The van der Waals surface area contributed by atoms with Crippen LogP contribution in [-0.4, -0.2) is 62.1 Å². The Morgan fingerprint density at radius 1 is 0.971 bits per heavy atom. The summed E-state index contributed by atoms with van der Waals surface area (Å²) >= 11 is 0.355. The van der Waals surface area contributed by atoms with Gasteiger partial charge in [0.05, 0.1) is 10.7 Å². The van der Waals surface area contributed by atoms with E-state index in [1.165, 1.54) is 4.90 Å². The number of carbonyl (C=O) groups is 3. The molecular weight excluding hydrogens is 443 g/mol. The number of ether oxygens (including phenoxy) is 1. The molecule has 0 aliphatic heterocycles. The molecule has 2 atom stereocenters. The molecule has 0 saturated carbocycles. The summed E-state index contributed by atoms with van der Waals surface area (Å²) in [5.74, 6) is -0.430. The molecule has 0 saturated heterocycles. The van der Waals surface area contributed by atoms with Gasteiger partial charge >= 0.3 is 22.4 Å². The number of hydrogen-bond acceptors (Lipinski definition) is 4. The predicted molar refractivity (Wildman–Crippen MR) is 136 cm³/mol. The Balaban J connectivity index is 1.78. The molecule has 3 rings (SSSR count). The Hall–Kier alpha value is -2.62. The van der Waals surface area contributed by atoms with Crippen molar-refractivity contribution in [2.75, 3.05) is 6.61 Å². The highest BCUT2D eigenvalue weighted by Crippen LogP contribution is 2.44. The number of nitrogens with zero attached hydrogens (tertiary/aromatic N) is 1. The zero-order valence-corrected chi connectivity index (χ0v) is 23.2. The van der Waals surface area contributed by atoms with Gasteiger partial charge in [0.25, 0.3) is 0 Å². The van der Waals surface area contributed by atoms with E-state index in [2.05, 4.69) is 29.6 Å². The average molecular weight is 479 g/mol. The first-order chi connectivity index (χ1) is 15.9. The van der Waals surface area contributed by atoms with Crippen molar-refractivity contribution in [2.45, 2.75) is 65.1 Å². The van der Waals surface area contributed by atoms with E-state index in [0.29, 0.717) is 16.3 Å². The number of carbonyl (C=O) groups excluding carboxylic acids is 3. The molecule has 0 fully saturated rings. The highest BCUT2D eigenvalue weighted by atomic mass is 27.0. The minimum Gasteiger partial charge on any atom is -0.448 e. The molecule has 1 N–H and O–H groups in total. The number of rotatable bonds is 7. The third-order valence-corrected chi connectivity index (χ3v) is 7.05. The van der Waals surface area contributed by atoms with E-state index in [-0.39, 0.29) is 29.0 Å². The van der Waals surface area contributed by atoms with Crippen molar-refractivity contribution in [2.24, 2.45) is 5.92 Å². The van der Waals surface area contributed by atoms with E-state index in [1.807, 2.05) is 58.9 Å². The van der Waals surface area contributed by atoms with Crippen molar-refractivity contribution >= 4 is 32.9 Å². The predicted octanol–water partition coefficient (Wildman–Crippen LogP) is 3.73. The van der Waals surface area contributed by atoms with E-state index >= 15 is 0 Å². The summed E-state index contributed by atoms with van der Waals surface area (Å²) in [4.78, 5) is 39.9. The molecule has 0 unspecified atom stereocenters. The lowest BCUT2D eigenvalue weighted by molar-refractivity contribution is -0.130. The highest BCUT2D eigenvalue weighted by Gasteiger charge is 2.38. The van der Waals surface area contributed by atoms with Crippen LogP contribution in [0.4, 0.5) is 4.79 Å². The molecule has 0 heterocycles. The average Bonchev–Trinajstić information content (AvgIpc) is 3.08. The van der Waals surface area contributed by atoms with Gasteiger partial charge in [-0.3, -0.25) is 9.69 Å². The van der Waals surface area contributed by atoms with Crippen LogP contribution in [0.2, 0.25) is 0 Å². The summed E-state index contributed by atoms with van der Waals surface area (Å²) in [6, 6.07) is 15.0. The lowest BCUT2D eigenvalue weighted by Crippen LogP contribution is -2.58. The molecule has 0 bridgehead atoms. The van der Waals surface area contributed by atoms with E-state index in [9.17, 15) is 14.4 Å². The van der Waals surface area contributed by atoms with Crippen molar-refractivity contribution in [1.29, 1.82) is 0 Å². The van der Waals surface area contributed by atoms with Gasteiger partial charge in [0.1, 0.15) is 12.6 Å². The molecule has 1 aliphatic carbocycles. The standard InChI is InChI=1S/C27H33N2O4.Al.2H/c1-17(2)24(15-30)28-25(31)18(3)29(27(4,5)6)26(32)33-16-23-21-13-9-7-11-19(21)20-12-8-10-14-22(20)23;;;/h7-14,17-18,23-24H,16H2,1-6H3,(H,28,31);;;/t18-,24+;;;/m0.../s1. The summed E-state index contributed by atoms with van der Waals surface area (Å²) in [7, 11) is 0. The fraction of sp³-hybridized carbons (Fsp3) is 0.444. The van der Waals surface area contributed by atoms with Crippen LogP contribution in [-0.2, 0) is 14.3 Å². The van der Waals surface area contributed by atoms with E-state index < -0.39 is 23.7 Å². The van der Waals surface area contributed by atoms with Gasteiger partial charge in [-0.2, -0.15) is 0 Å². The summed E-state index contributed by atoms with van der Waals surface area (Å²) < 4.78 is 5.87. The van der Waals surface area contributed by atoms with Crippen LogP contribution < -0.4 is 5.32 Å². The van der Waals surface area contributed by atoms with Crippen LogP contribution in [0.1, 0.15) is 58.6 Å². The Labute approximate surface area is 210 Å². The molecule has 2 amide bonds. The Kier molecular flexibility index (Phi) is 7.90. The Bertz CT molecular complexity index is 1030. The second kappa shape index (κ2) is 10.3. The van der Waals surface area contributed by atoms with Gasteiger partial charge in [0.2, 0.25) is 5.91 Å². The molecule has 2 aromatic rings. The Morgan fingerprint density at radius 3 is 1.91 bits per heavy atom. The van der Waals surface area contributed by atoms with Crippen LogP contribution in [0.25, 0.3) is 11.1 Å². The van der Waals surface area contributed by atoms with Gasteiger partial charge in [0, 0.05) is 11.5 Å². The zero-order chi connectivity index (χ0) is 25.2. The topological polar surface area (TPSA) is 75.7 Å². The lowest BCUT2D eigenvalue weighted by atomic mass is 9.98. The van der Waals surface area contributed by atoms with Gasteiger partial charge in [-0.25, -0.2) is 4.79 Å². The first kappa shape index (κ1) is 26.0.